The quantitative estimate of drug-likeness (QED) is 0.787. The number of likely N-dealkylation sites (tertiary alicyclic amines) is 2. The van der Waals surface area contributed by atoms with Gasteiger partial charge in [-0.3, -0.25) is 4.90 Å². The highest BCUT2D eigenvalue weighted by Crippen LogP contribution is 2.27. The molecule has 22 heavy (non-hydrogen) atoms. The summed E-state index contributed by atoms with van der Waals surface area (Å²) in [6.45, 7) is 7.47. The molecule has 0 aromatic rings. The Morgan fingerprint density at radius 1 is 1.18 bits per heavy atom. The molecule has 2 N–H and O–H groups in total. The first-order chi connectivity index (χ1) is 10.1. The number of carboxylic acid groups (broad SMARTS) is 1. The van der Waals surface area contributed by atoms with Crippen LogP contribution in [-0.2, 0) is 9.53 Å². The molecular weight excluding hydrogens is 288 g/mol. The lowest BCUT2D eigenvalue weighted by Gasteiger charge is -2.37. The lowest BCUT2D eigenvalue weighted by Crippen LogP contribution is -2.49. The minimum Gasteiger partial charge on any atom is -0.479 e. The summed E-state index contributed by atoms with van der Waals surface area (Å²) in [5, 5.41) is 19.1. The minimum atomic E-state index is -1.62. The second-order valence-corrected chi connectivity index (χ2v) is 7.26. The van der Waals surface area contributed by atoms with Crippen LogP contribution in [0.15, 0.2) is 0 Å². The zero-order valence-electron chi connectivity index (χ0n) is 13.5. The zero-order chi connectivity index (χ0) is 16.5. The van der Waals surface area contributed by atoms with Gasteiger partial charge in [0.25, 0.3) is 0 Å². The van der Waals surface area contributed by atoms with Gasteiger partial charge in [-0.15, -0.1) is 0 Å². The van der Waals surface area contributed by atoms with Gasteiger partial charge >= 0.3 is 12.1 Å². The molecule has 0 aromatic heterocycles. The van der Waals surface area contributed by atoms with E-state index in [1.165, 1.54) is 0 Å². The highest BCUT2D eigenvalue weighted by atomic mass is 16.6. The number of β-amino-alcohol motifs (C(OH)–C–C–N with tert-alkyl or cyclic N) is 1. The lowest BCUT2D eigenvalue weighted by atomic mass is 10.0. The largest absolute Gasteiger partial charge is 0.479 e. The first kappa shape index (κ1) is 17.0. The number of aliphatic hydroxyl groups is 1. The average molecular weight is 314 g/mol. The second kappa shape index (κ2) is 6.04. The average Bonchev–Trinajstić information content (AvgIpc) is 2.81. The van der Waals surface area contributed by atoms with Crippen molar-refractivity contribution in [3.63, 3.8) is 0 Å². The van der Waals surface area contributed by atoms with Crippen LogP contribution in [0.5, 0.6) is 0 Å². The summed E-state index contributed by atoms with van der Waals surface area (Å²) >= 11 is 0. The normalized spacial score (nSPS) is 27.9. The van der Waals surface area contributed by atoms with Crippen molar-refractivity contribution < 1.29 is 24.5 Å². The van der Waals surface area contributed by atoms with Gasteiger partial charge in [0.1, 0.15) is 5.60 Å². The third-order valence-corrected chi connectivity index (χ3v) is 4.31. The van der Waals surface area contributed by atoms with Crippen LogP contribution in [0.25, 0.3) is 0 Å². The fraction of sp³-hybridized carbons (Fsp3) is 0.867. The molecule has 0 bridgehead atoms. The number of aliphatic carboxylic acids is 1. The van der Waals surface area contributed by atoms with Crippen molar-refractivity contribution in [2.24, 2.45) is 0 Å². The van der Waals surface area contributed by atoms with Crippen molar-refractivity contribution in [1.82, 2.24) is 9.80 Å². The molecule has 7 nitrogen and oxygen atoms in total. The molecule has 1 unspecified atom stereocenters. The van der Waals surface area contributed by atoms with E-state index in [-0.39, 0.29) is 25.1 Å². The van der Waals surface area contributed by atoms with Crippen LogP contribution in [0.3, 0.4) is 0 Å². The molecule has 1 amide bonds. The Hall–Kier alpha value is -1.34. The van der Waals surface area contributed by atoms with Crippen molar-refractivity contribution in [1.29, 1.82) is 0 Å². The van der Waals surface area contributed by atoms with Crippen molar-refractivity contribution in [2.75, 3.05) is 26.2 Å². The van der Waals surface area contributed by atoms with Crippen LogP contribution < -0.4 is 0 Å². The molecule has 0 saturated carbocycles. The van der Waals surface area contributed by atoms with E-state index >= 15 is 0 Å². The lowest BCUT2D eigenvalue weighted by molar-refractivity contribution is -0.157. The third kappa shape index (κ3) is 3.89. The molecule has 0 aliphatic carbocycles. The Bertz CT molecular complexity index is 440. The van der Waals surface area contributed by atoms with Crippen molar-refractivity contribution in [2.45, 2.75) is 57.3 Å². The Morgan fingerprint density at radius 3 is 2.23 bits per heavy atom. The number of rotatable bonds is 2. The van der Waals surface area contributed by atoms with Gasteiger partial charge in [-0.25, -0.2) is 9.59 Å². The molecule has 126 valence electrons. The summed E-state index contributed by atoms with van der Waals surface area (Å²) in [5.41, 5.74) is -2.12. The smallest absolute Gasteiger partial charge is 0.410 e. The van der Waals surface area contributed by atoms with Gasteiger partial charge in [0.2, 0.25) is 0 Å². The summed E-state index contributed by atoms with van der Waals surface area (Å²) in [5.74, 6) is -1.15. The standard InChI is InChI=1S/C15H26N2O5/c1-14(2,3)22-13(20)16-7-4-11(5-8-16)17-9-6-15(21,10-17)12(18)19/h11,21H,4-10H2,1-3H3,(H,18,19). The molecule has 0 radical (unpaired) electrons. The van der Waals surface area contributed by atoms with Crippen molar-refractivity contribution in [3.05, 3.63) is 0 Å². The van der Waals surface area contributed by atoms with Gasteiger partial charge in [-0.2, -0.15) is 0 Å². The first-order valence-electron chi connectivity index (χ1n) is 7.78. The number of hydrogen-bond acceptors (Lipinski definition) is 5. The maximum Gasteiger partial charge on any atom is 0.410 e. The number of ether oxygens (including phenoxy) is 1. The Balaban J connectivity index is 1.83. The molecule has 7 heteroatoms. The van der Waals surface area contributed by atoms with Crippen molar-refractivity contribution in [3.8, 4) is 0 Å². The van der Waals surface area contributed by atoms with E-state index in [1.807, 2.05) is 25.7 Å². The zero-order valence-corrected chi connectivity index (χ0v) is 13.5. The molecule has 2 fully saturated rings. The number of carbonyl (C=O) groups excluding carboxylic acids is 1. The molecule has 2 saturated heterocycles. The fourth-order valence-corrected chi connectivity index (χ4v) is 3.05. The molecule has 2 aliphatic heterocycles. The molecule has 0 spiro atoms. The summed E-state index contributed by atoms with van der Waals surface area (Å²) in [7, 11) is 0. The van der Waals surface area contributed by atoms with Crippen LogP contribution >= 0.6 is 0 Å². The Labute approximate surface area is 130 Å². The number of carboxylic acids is 1. The monoisotopic (exact) mass is 314 g/mol. The van der Waals surface area contributed by atoms with Gasteiger partial charge in [0.15, 0.2) is 5.60 Å². The van der Waals surface area contributed by atoms with Crippen LogP contribution in [-0.4, -0.2) is 75.5 Å². The van der Waals surface area contributed by atoms with Crippen LogP contribution in [0.4, 0.5) is 4.79 Å². The predicted molar refractivity (Wildman–Crippen MR) is 79.6 cm³/mol. The number of hydrogen-bond donors (Lipinski definition) is 2. The summed E-state index contributed by atoms with van der Waals surface area (Å²) in [4.78, 5) is 26.8. The van der Waals surface area contributed by atoms with Gasteiger partial charge in [0.05, 0.1) is 0 Å². The Morgan fingerprint density at radius 2 is 1.77 bits per heavy atom. The minimum absolute atomic E-state index is 0.166. The summed E-state index contributed by atoms with van der Waals surface area (Å²) < 4.78 is 5.36. The first-order valence-corrected chi connectivity index (χ1v) is 7.78. The highest BCUT2D eigenvalue weighted by molar-refractivity contribution is 5.77. The van der Waals surface area contributed by atoms with Gasteiger partial charge < -0.3 is 19.8 Å². The van der Waals surface area contributed by atoms with E-state index in [0.717, 1.165) is 12.8 Å². The topological polar surface area (TPSA) is 90.3 Å². The van der Waals surface area contributed by atoms with E-state index in [9.17, 15) is 14.7 Å². The summed E-state index contributed by atoms with van der Waals surface area (Å²) in [6.07, 6.45) is 1.51. The number of carbonyl (C=O) groups is 2. The molecule has 2 aliphatic rings. The van der Waals surface area contributed by atoms with E-state index in [2.05, 4.69) is 0 Å². The highest BCUT2D eigenvalue weighted by Gasteiger charge is 2.45. The Kier molecular flexibility index (Phi) is 4.67. The number of amides is 1. The van der Waals surface area contributed by atoms with Gasteiger partial charge in [-0.05, 0) is 33.6 Å². The molecule has 1 atom stereocenters. The van der Waals surface area contributed by atoms with E-state index in [4.69, 9.17) is 9.84 Å². The maximum absolute atomic E-state index is 12.0. The van der Waals surface area contributed by atoms with Gasteiger partial charge in [-0.1, -0.05) is 0 Å². The SMILES string of the molecule is CC(C)(C)OC(=O)N1CCC(N2CCC(O)(C(=O)O)C2)CC1. The third-order valence-electron chi connectivity index (χ3n) is 4.31. The molecule has 0 aromatic carbocycles. The molecule has 2 heterocycles. The molecule has 2 rings (SSSR count). The van der Waals surface area contributed by atoms with Crippen LogP contribution in [0.2, 0.25) is 0 Å². The number of nitrogens with zero attached hydrogens (tertiary/aromatic N) is 2. The van der Waals surface area contributed by atoms with E-state index in [1.54, 1.807) is 4.90 Å². The van der Waals surface area contributed by atoms with Crippen LogP contribution in [0.1, 0.15) is 40.0 Å². The van der Waals surface area contributed by atoms with Crippen LogP contribution in [0, 0.1) is 0 Å². The second-order valence-electron chi connectivity index (χ2n) is 7.26. The molecular formula is C15H26N2O5. The van der Waals surface area contributed by atoms with Gasteiger partial charge in [0, 0.05) is 38.6 Å². The van der Waals surface area contributed by atoms with Crippen molar-refractivity contribution >= 4 is 12.1 Å². The summed E-state index contributed by atoms with van der Waals surface area (Å²) in [6, 6.07) is 0.215. The number of piperidine rings is 1. The van der Waals surface area contributed by atoms with E-state index < -0.39 is 17.2 Å². The fourth-order valence-electron chi connectivity index (χ4n) is 3.05. The van der Waals surface area contributed by atoms with E-state index in [0.29, 0.717) is 19.6 Å². The predicted octanol–water partition coefficient (Wildman–Crippen LogP) is 0.907. The maximum atomic E-state index is 12.0.